The molecule has 2 heterocycles. The molecule has 20 heavy (non-hydrogen) atoms. The van der Waals surface area contributed by atoms with Crippen molar-refractivity contribution in [1.82, 2.24) is 10.3 Å². The lowest BCUT2D eigenvalue weighted by molar-refractivity contribution is -0.133. The van der Waals surface area contributed by atoms with Crippen molar-refractivity contribution >= 4 is 5.97 Å². The lowest BCUT2D eigenvalue weighted by Crippen LogP contribution is -2.30. The Labute approximate surface area is 118 Å². The summed E-state index contributed by atoms with van der Waals surface area (Å²) in [4.78, 5) is 15.1. The van der Waals surface area contributed by atoms with Gasteiger partial charge in [0.15, 0.2) is 0 Å². The number of nitrogens with one attached hydrogen (secondary N) is 1. The molecule has 0 aromatic carbocycles. The standard InChI is InChI=1S/C15H18N2O3/c1-19-15(18)5-3-12-2-4-14(17-10-12)20-11-13-6-8-16-9-7-13/h2,4,10,13,16H,6-9,11H2,1H3. The fraction of sp³-hybridized carbons (Fsp3) is 0.467. The van der Waals surface area contributed by atoms with E-state index in [-0.39, 0.29) is 0 Å². The quantitative estimate of drug-likeness (QED) is 0.658. The summed E-state index contributed by atoms with van der Waals surface area (Å²) < 4.78 is 10.1. The van der Waals surface area contributed by atoms with Gasteiger partial charge in [-0.3, -0.25) is 0 Å². The molecule has 106 valence electrons. The van der Waals surface area contributed by atoms with E-state index in [1.54, 1.807) is 18.3 Å². The number of ether oxygens (including phenoxy) is 2. The van der Waals surface area contributed by atoms with Gasteiger partial charge in [-0.2, -0.15) is 0 Å². The van der Waals surface area contributed by atoms with E-state index in [1.807, 2.05) is 0 Å². The molecule has 2 rings (SSSR count). The van der Waals surface area contributed by atoms with Crippen molar-refractivity contribution in [1.29, 1.82) is 0 Å². The summed E-state index contributed by atoms with van der Waals surface area (Å²) >= 11 is 0. The number of carbonyl (C=O) groups is 1. The number of rotatable bonds is 3. The van der Waals surface area contributed by atoms with Crippen molar-refractivity contribution in [2.75, 3.05) is 26.8 Å². The van der Waals surface area contributed by atoms with Crippen LogP contribution in [0.1, 0.15) is 18.4 Å². The minimum atomic E-state index is -0.559. The number of piperidine rings is 1. The molecule has 1 aliphatic heterocycles. The summed E-state index contributed by atoms with van der Waals surface area (Å²) in [5.41, 5.74) is 0.657. The third-order valence-electron chi connectivity index (χ3n) is 3.16. The third-order valence-corrected chi connectivity index (χ3v) is 3.16. The Morgan fingerprint density at radius 1 is 1.45 bits per heavy atom. The zero-order valence-electron chi connectivity index (χ0n) is 11.5. The van der Waals surface area contributed by atoms with E-state index in [0.717, 1.165) is 25.9 Å². The number of pyridine rings is 1. The van der Waals surface area contributed by atoms with Crippen LogP contribution in [-0.4, -0.2) is 37.8 Å². The number of aromatic nitrogens is 1. The van der Waals surface area contributed by atoms with Crippen LogP contribution in [0.15, 0.2) is 18.3 Å². The van der Waals surface area contributed by atoms with E-state index < -0.39 is 5.97 Å². The molecule has 1 saturated heterocycles. The van der Waals surface area contributed by atoms with Gasteiger partial charge < -0.3 is 14.8 Å². The zero-order chi connectivity index (χ0) is 14.2. The molecule has 1 aromatic heterocycles. The Bertz CT molecular complexity index is 496. The van der Waals surface area contributed by atoms with Gasteiger partial charge in [0.1, 0.15) is 0 Å². The summed E-state index contributed by atoms with van der Waals surface area (Å²) in [7, 11) is 1.30. The van der Waals surface area contributed by atoms with Crippen molar-refractivity contribution in [3.05, 3.63) is 23.9 Å². The average Bonchev–Trinajstić information content (AvgIpc) is 2.52. The van der Waals surface area contributed by atoms with Gasteiger partial charge in [0.05, 0.1) is 13.7 Å². The molecule has 0 radical (unpaired) electrons. The second-order valence-electron chi connectivity index (χ2n) is 4.63. The predicted molar refractivity (Wildman–Crippen MR) is 74.2 cm³/mol. The molecule has 1 aromatic rings. The lowest BCUT2D eigenvalue weighted by atomic mass is 9.99. The van der Waals surface area contributed by atoms with E-state index >= 15 is 0 Å². The molecule has 1 N–H and O–H groups in total. The number of hydrogen-bond acceptors (Lipinski definition) is 5. The third kappa shape index (κ3) is 4.56. The van der Waals surface area contributed by atoms with E-state index in [2.05, 4.69) is 26.9 Å². The maximum absolute atomic E-state index is 10.9. The number of nitrogens with zero attached hydrogens (tertiary/aromatic N) is 1. The van der Waals surface area contributed by atoms with Crippen molar-refractivity contribution in [3.8, 4) is 17.7 Å². The molecule has 1 aliphatic rings. The van der Waals surface area contributed by atoms with E-state index in [1.165, 1.54) is 7.11 Å². The van der Waals surface area contributed by atoms with Crippen molar-refractivity contribution in [2.24, 2.45) is 5.92 Å². The fourth-order valence-electron chi connectivity index (χ4n) is 1.97. The van der Waals surface area contributed by atoms with Crippen LogP contribution in [0.5, 0.6) is 5.88 Å². The highest BCUT2D eigenvalue weighted by atomic mass is 16.5. The van der Waals surface area contributed by atoms with Gasteiger partial charge in [0.25, 0.3) is 0 Å². The molecule has 0 atom stereocenters. The lowest BCUT2D eigenvalue weighted by Gasteiger charge is -2.22. The van der Waals surface area contributed by atoms with Crippen LogP contribution in [0.2, 0.25) is 0 Å². The van der Waals surface area contributed by atoms with Gasteiger partial charge in [-0.25, -0.2) is 9.78 Å². The first kappa shape index (κ1) is 14.4. The first-order valence-corrected chi connectivity index (χ1v) is 6.67. The molecule has 0 saturated carbocycles. The van der Waals surface area contributed by atoms with Gasteiger partial charge >= 0.3 is 5.97 Å². The van der Waals surface area contributed by atoms with Gasteiger partial charge in [0.2, 0.25) is 5.88 Å². The minimum Gasteiger partial charge on any atom is -0.477 e. The summed E-state index contributed by atoms with van der Waals surface area (Å²) in [6.45, 7) is 2.81. The fourth-order valence-corrected chi connectivity index (χ4v) is 1.97. The number of esters is 1. The van der Waals surface area contributed by atoms with Gasteiger partial charge in [-0.1, -0.05) is 5.92 Å². The Morgan fingerprint density at radius 3 is 2.90 bits per heavy atom. The molecular weight excluding hydrogens is 256 g/mol. The van der Waals surface area contributed by atoms with E-state index in [0.29, 0.717) is 24.0 Å². The van der Waals surface area contributed by atoms with Gasteiger partial charge in [-0.05, 0) is 37.9 Å². The van der Waals surface area contributed by atoms with Gasteiger partial charge in [-0.15, -0.1) is 0 Å². The predicted octanol–water partition coefficient (Wildman–Crippen LogP) is 0.984. The molecule has 0 spiro atoms. The molecule has 0 unspecified atom stereocenters. The second kappa shape index (κ2) is 7.51. The van der Waals surface area contributed by atoms with Crippen LogP contribution in [-0.2, 0) is 9.53 Å². The maximum Gasteiger partial charge on any atom is 0.384 e. The summed E-state index contributed by atoms with van der Waals surface area (Å²) in [5, 5.41) is 3.32. The molecular formula is C15H18N2O3. The van der Waals surface area contributed by atoms with Gasteiger partial charge in [0, 0.05) is 23.7 Å². The molecule has 0 aliphatic carbocycles. The second-order valence-corrected chi connectivity index (χ2v) is 4.63. The largest absolute Gasteiger partial charge is 0.477 e. The average molecular weight is 274 g/mol. The molecule has 1 fully saturated rings. The Kier molecular flexibility index (Phi) is 5.39. The smallest absolute Gasteiger partial charge is 0.384 e. The highest BCUT2D eigenvalue weighted by Crippen LogP contribution is 2.14. The van der Waals surface area contributed by atoms with E-state index in [4.69, 9.17) is 4.74 Å². The van der Waals surface area contributed by atoms with Crippen molar-refractivity contribution < 1.29 is 14.3 Å². The van der Waals surface area contributed by atoms with Crippen LogP contribution in [0.3, 0.4) is 0 Å². The molecule has 0 amide bonds. The monoisotopic (exact) mass is 274 g/mol. The Morgan fingerprint density at radius 2 is 2.25 bits per heavy atom. The van der Waals surface area contributed by atoms with Crippen LogP contribution >= 0.6 is 0 Å². The minimum absolute atomic E-state index is 0.559. The highest BCUT2D eigenvalue weighted by molar-refractivity contribution is 5.88. The van der Waals surface area contributed by atoms with Crippen molar-refractivity contribution in [3.63, 3.8) is 0 Å². The number of methoxy groups -OCH3 is 1. The van der Waals surface area contributed by atoms with Crippen LogP contribution < -0.4 is 10.1 Å². The SMILES string of the molecule is COC(=O)C#Cc1ccc(OCC2CCNCC2)nc1. The first-order valence-electron chi connectivity index (χ1n) is 6.67. The molecule has 5 nitrogen and oxygen atoms in total. The summed E-state index contributed by atoms with van der Waals surface area (Å²) in [6.07, 6.45) is 3.87. The Balaban J connectivity index is 1.84. The number of carbonyl (C=O) groups excluding carboxylic acids is 1. The zero-order valence-corrected chi connectivity index (χ0v) is 11.5. The normalized spacial score (nSPS) is 15.1. The first-order chi connectivity index (χ1) is 9.78. The summed E-state index contributed by atoms with van der Waals surface area (Å²) in [5.74, 6) is 5.66. The van der Waals surface area contributed by atoms with Crippen LogP contribution in [0.25, 0.3) is 0 Å². The topological polar surface area (TPSA) is 60.5 Å². The maximum atomic E-state index is 10.9. The van der Waals surface area contributed by atoms with E-state index in [9.17, 15) is 4.79 Å². The van der Waals surface area contributed by atoms with Crippen molar-refractivity contribution in [2.45, 2.75) is 12.8 Å². The van der Waals surface area contributed by atoms with Crippen LogP contribution in [0, 0.1) is 17.8 Å². The number of hydrogen-bond donors (Lipinski definition) is 1. The highest BCUT2D eigenvalue weighted by Gasteiger charge is 2.13. The molecule has 5 heteroatoms. The summed E-state index contributed by atoms with van der Waals surface area (Å²) in [6, 6.07) is 3.54. The van der Waals surface area contributed by atoms with Crippen LogP contribution in [0.4, 0.5) is 0 Å². The molecule has 0 bridgehead atoms. The Hall–Kier alpha value is -2.06.